The quantitative estimate of drug-likeness (QED) is 0.642. The van der Waals surface area contributed by atoms with Crippen molar-refractivity contribution in [1.29, 1.82) is 0 Å². The van der Waals surface area contributed by atoms with Crippen LogP contribution in [0.3, 0.4) is 0 Å². The van der Waals surface area contributed by atoms with Crippen molar-refractivity contribution in [2.45, 2.75) is 6.92 Å². The van der Waals surface area contributed by atoms with Crippen LogP contribution in [0.5, 0.6) is 5.75 Å². The molecule has 1 aromatic carbocycles. The van der Waals surface area contributed by atoms with Crippen molar-refractivity contribution in [3.05, 3.63) is 24.3 Å². The van der Waals surface area contributed by atoms with Crippen molar-refractivity contribution in [3.63, 3.8) is 0 Å². The minimum atomic E-state index is -0.811. The Morgan fingerprint density at radius 1 is 1.36 bits per heavy atom. The van der Waals surface area contributed by atoms with E-state index < -0.39 is 8.46 Å². The summed E-state index contributed by atoms with van der Waals surface area (Å²) in [4.78, 5) is 0. The van der Waals surface area contributed by atoms with Gasteiger partial charge in [0.25, 0.3) is 0 Å². The number of benzene rings is 1. The first kappa shape index (κ1) is 8.35. The molecule has 3 heteroatoms. The standard InChI is InChI=1S/C8H11O2P/c1-2-10-7-3-5-8(11-9)6-4-7/h3-6H,2,11H2,1H3. The van der Waals surface area contributed by atoms with Crippen LogP contribution < -0.4 is 10.0 Å². The van der Waals surface area contributed by atoms with Crippen LogP contribution in [0.25, 0.3) is 0 Å². The Labute approximate surface area is 67.4 Å². The van der Waals surface area contributed by atoms with E-state index in [0.29, 0.717) is 6.61 Å². The van der Waals surface area contributed by atoms with Crippen LogP contribution in [0.2, 0.25) is 0 Å². The van der Waals surface area contributed by atoms with Gasteiger partial charge < -0.3 is 9.30 Å². The minimum Gasteiger partial charge on any atom is -0.494 e. The molecule has 0 bridgehead atoms. The number of rotatable bonds is 3. The fourth-order valence-electron chi connectivity index (χ4n) is 0.809. The molecule has 0 saturated heterocycles. The normalized spacial score (nSPS) is 10.6. The minimum absolute atomic E-state index is 0.670. The van der Waals surface area contributed by atoms with E-state index >= 15 is 0 Å². The molecule has 0 amide bonds. The van der Waals surface area contributed by atoms with Crippen LogP contribution >= 0.6 is 8.46 Å². The van der Waals surface area contributed by atoms with Gasteiger partial charge >= 0.3 is 0 Å². The van der Waals surface area contributed by atoms with E-state index in [9.17, 15) is 4.57 Å². The van der Waals surface area contributed by atoms with Crippen LogP contribution in [0.4, 0.5) is 0 Å². The largest absolute Gasteiger partial charge is 0.494 e. The van der Waals surface area contributed by atoms with Gasteiger partial charge in [-0.25, -0.2) is 0 Å². The molecule has 0 aliphatic carbocycles. The van der Waals surface area contributed by atoms with Crippen molar-refractivity contribution in [3.8, 4) is 5.75 Å². The van der Waals surface area contributed by atoms with Crippen molar-refractivity contribution < 1.29 is 9.30 Å². The highest BCUT2D eigenvalue weighted by Gasteiger charge is 1.90. The molecular weight excluding hydrogens is 159 g/mol. The average molecular weight is 170 g/mol. The zero-order valence-corrected chi connectivity index (χ0v) is 7.57. The third-order valence-electron chi connectivity index (χ3n) is 1.33. The highest BCUT2D eigenvalue weighted by Crippen LogP contribution is 2.08. The van der Waals surface area contributed by atoms with Gasteiger partial charge in [-0.15, -0.1) is 0 Å². The summed E-state index contributed by atoms with van der Waals surface area (Å²) in [5.41, 5.74) is 0. The molecule has 0 radical (unpaired) electrons. The number of ether oxygens (including phenoxy) is 1. The molecule has 0 N–H and O–H groups in total. The zero-order chi connectivity index (χ0) is 8.10. The summed E-state index contributed by atoms with van der Waals surface area (Å²) in [6.45, 7) is 2.61. The molecule has 0 aliphatic rings. The lowest BCUT2D eigenvalue weighted by Crippen LogP contribution is -1.94. The first-order chi connectivity index (χ1) is 5.36. The van der Waals surface area contributed by atoms with Gasteiger partial charge in [0.2, 0.25) is 0 Å². The maximum atomic E-state index is 10.4. The van der Waals surface area contributed by atoms with Crippen molar-refractivity contribution in [1.82, 2.24) is 0 Å². The predicted octanol–water partition coefficient (Wildman–Crippen LogP) is 1.47. The Morgan fingerprint density at radius 3 is 2.45 bits per heavy atom. The topological polar surface area (TPSA) is 26.3 Å². The summed E-state index contributed by atoms with van der Waals surface area (Å²) in [5, 5.41) is 0.883. The highest BCUT2D eigenvalue weighted by atomic mass is 31.1. The van der Waals surface area contributed by atoms with E-state index in [1.165, 1.54) is 0 Å². The van der Waals surface area contributed by atoms with E-state index in [0.717, 1.165) is 11.1 Å². The van der Waals surface area contributed by atoms with Crippen LogP contribution in [0.15, 0.2) is 24.3 Å². The molecule has 0 aliphatic heterocycles. The van der Waals surface area contributed by atoms with Crippen LogP contribution in [-0.4, -0.2) is 6.61 Å². The fraction of sp³-hybridized carbons (Fsp3) is 0.250. The lowest BCUT2D eigenvalue weighted by molar-refractivity contribution is 0.340. The summed E-state index contributed by atoms with van der Waals surface area (Å²) in [6, 6.07) is 7.33. The van der Waals surface area contributed by atoms with Gasteiger partial charge in [-0.05, 0) is 31.2 Å². The molecule has 1 unspecified atom stereocenters. The van der Waals surface area contributed by atoms with Gasteiger partial charge in [0.15, 0.2) is 0 Å². The van der Waals surface area contributed by atoms with Gasteiger partial charge in [0.05, 0.1) is 15.1 Å². The SMILES string of the molecule is CCOc1ccc([PH2]=O)cc1. The van der Waals surface area contributed by atoms with Crippen molar-refractivity contribution in [2.24, 2.45) is 0 Å². The lowest BCUT2D eigenvalue weighted by Gasteiger charge is -2.00. The molecular formula is C8H11O2P. The average Bonchev–Trinajstić information content (AvgIpc) is 2.07. The van der Waals surface area contributed by atoms with E-state index in [-0.39, 0.29) is 0 Å². The van der Waals surface area contributed by atoms with Crippen LogP contribution in [0.1, 0.15) is 6.92 Å². The molecule has 0 heterocycles. The second-order valence-corrected chi connectivity index (χ2v) is 3.02. The summed E-state index contributed by atoms with van der Waals surface area (Å²) in [5.74, 6) is 0.837. The van der Waals surface area contributed by atoms with Crippen molar-refractivity contribution in [2.75, 3.05) is 6.61 Å². The maximum Gasteiger partial charge on any atom is 0.119 e. The Balaban J connectivity index is 2.74. The first-order valence-electron chi connectivity index (χ1n) is 3.55. The molecule has 1 rings (SSSR count). The molecule has 1 atom stereocenters. The summed E-state index contributed by atoms with van der Waals surface area (Å²) < 4.78 is 15.7. The monoisotopic (exact) mass is 170 g/mol. The second kappa shape index (κ2) is 4.20. The Bertz CT molecular complexity index is 230. The highest BCUT2D eigenvalue weighted by molar-refractivity contribution is 7.34. The van der Waals surface area contributed by atoms with Gasteiger partial charge in [-0.3, -0.25) is 0 Å². The lowest BCUT2D eigenvalue weighted by atomic mass is 10.3. The van der Waals surface area contributed by atoms with Gasteiger partial charge in [0, 0.05) is 5.30 Å². The zero-order valence-electron chi connectivity index (χ0n) is 6.41. The molecule has 2 nitrogen and oxygen atoms in total. The summed E-state index contributed by atoms with van der Waals surface area (Å²) >= 11 is 0. The second-order valence-electron chi connectivity index (χ2n) is 2.12. The Kier molecular flexibility index (Phi) is 3.18. The molecule has 0 aromatic heterocycles. The van der Waals surface area contributed by atoms with Gasteiger partial charge in [0.1, 0.15) is 5.75 Å². The molecule has 0 saturated carbocycles. The maximum absolute atomic E-state index is 10.4. The van der Waals surface area contributed by atoms with Gasteiger partial charge in [-0.2, -0.15) is 0 Å². The molecule has 1 aromatic rings. The van der Waals surface area contributed by atoms with Crippen LogP contribution in [-0.2, 0) is 4.57 Å². The Hall–Kier alpha value is -0.750. The molecule has 60 valence electrons. The number of hydrogen-bond acceptors (Lipinski definition) is 2. The van der Waals surface area contributed by atoms with E-state index in [1.54, 1.807) is 0 Å². The molecule has 0 fully saturated rings. The number of hydrogen-bond donors (Lipinski definition) is 0. The van der Waals surface area contributed by atoms with E-state index in [2.05, 4.69) is 0 Å². The van der Waals surface area contributed by atoms with E-state index in [4.69, 9.17) is 4.74 Å². The molecule has 11 heavy (non-hydrogen) atoms. The Morgan fingerprint density at radius 2 is 2.00 bits per heavy atom. The van der Waals surface area contributed by atoms with Gasteiger partial charge in [-0.1, -0.05) is 0 Å². The summed E-state index contributed by atoms with van der Waals surface area (Å²) in [7, 11) is -0.811. The van der Waals surface area contributed by atoms with E-state index in [1.807, 2.05) is 31.2 Å². The first-order valence-corrected chi connectivity index (χ1v) is 4.59. The van der Waals surface area contributed by atoms with Crippen LogP contribution in [0, 0.1) is 0 Å². The third kappa shape index (κ3) is 2.39. The summed E-state index contributed by atoms with van der Waals surface area (Å²) in [6.07, 6.45) is 0. The molecule has 0 spiro atoms. The predicted molar refractivity (Wildman–Crippen MR) is 47.6 cm³/mol. The van der Waals surface area contributed by atoms with Crippen molar-refractivity contribution >= 4 is 13.8 Å². The third-order valence-corrected chi connectivity index (χ3v) is 1.98. The fourth-order valence-corrected chi connectivity index (χ4v) is 1.16. The smallest absolute Gasteiger partial charge is 0.119 e.